The second kappa shape index (κ2) is 6.15. The van der Waals surface area contributed by atoms with Crippen LogP contribution in [0.1, 0.15) is 35.7 Å². The summed E-state index contributed by atoms with van der Waals surface area (Å²) in [7, 11) is 0. The van der Waals surface area contributed by atoms with E-state index in [1.807, 2.05) is 0 Å². The summed E-state index contributed by atoms with van der Waals surface area (Å²) >= 11 is 0. The summed E-state index contributed by atoms with van der Waals surface area (Å²) in [6.45, 7) is 6.48. The van der Waals surface area contributed by atoms with Crippen molar-refractivity contribution in [3.63, 3.8) is 0 Å². The smallest absolute Gasteiger partial charge is 0.254 e. The van der Waals surface area contributed by atoms with Gasteiger partial charge in [-0.1, -0.05) is 19.1 Å². The number of carbonyl (C=O) groups is 1. The Balaban J connectivity index is 1.96. The third-order valence-corrected chi connectivity index (χ3v) is 3.84. The Kier molecular flexibility index (Phi) is 4.53. The van der Waals surface area contributed by atoms with Crippen LogP contribution in [0.3, 0.4) is 0 Å². The quantitative estimate of drug-likeness (QED) is 0.905. The molecule has 0 spiro atoms. The van der Waals surface area contributed by atoms with Gasteiger partial charge in [-0.2, -0.15) is 0 Å². The van der Waals surface area contributed by atoms with Gasteiger partial charge in [-0.05, 0) is 44.5 Å². The van der Waals surface area contributed by atoms with Crippen molar-refractivity contribution in [3.05, 3.63) is 35.1 Å². The van der Waals surface area contributed by atoms with Crippen LogP contribution in [0.15, 0.2) is 18.2 Å². The molecule has 0 aliphatic carbocycles. The molecule has 1 aliphatic rings. The van der Waals surface area contributed by atoms with Crippen molar-refractivity contribution in [2.45, 2.75) is 32.7 Å². The highest BCUT2D eigenvalue weighted by atomic mass is 19.1. The molecule has 1 N–H and O–H groups in total. The van der Waals surface area contributed by atoms with E-state index in [1.165, 1.54) is 12.5 Å². The zero-order valence-electron chi connectivity index (χ0n) is 11.6. The van der Waals surface area contributed by atoms with Gasteiger partial charge in [0.1, 0.15) is 5.82 Å². The Hall–Kier alpha value is -1.42. The van der Waals surface area contributed by atoms with E-state index < -0.39 is 5.82 Å². The minimum Gasteiger partial charge on any atom is -0.350 e. The molecule has 2 rings (SSSR count). The topological polar surface area (TPSA) is 32.3 Å². The first kappa shape index (κ1) is 14.0. The molecular formula is C15H21FN2O. The molecule has 1 saturated heterocycles. The van der Waals surface area contributed by atoms with Crippen molar-refractivity contribution in [2.24, 2.45) is 0 Å². The van der Waals surface area contributed by atoms with Gasteiger partial charge in [0, 0.05) is 12.6 Å². The number of nitrogens with one attached hydrogen (secondary N) is 1. The maximum Gasteiger partial charge on any atom is 0.254 e. The summed E-state index contributed by atoms with van der Waals surface area (Å²) in [5, 5.41) is 2.85. The minimum atomic E-state index is -0.418. The summed E-state index contributed by atoms with van der Waals surface area (Å²) in [4.78, 5) is 14.4. The highest BCUT2D eigenvalue weighted by molar-refractivity contribution is 5.94. The van der Waals surface area contributed by atoms with Crippen molar-refractivity contribution in [2.75, 3.05) is 19.6 Å². The number of benzene rings is 1. The maximum atomic E-state index is 13.8. The molecule has 1 unspecified atom stereocenters. The fraction of sp³-hybridized carbons (Fsp3) is 0.533. The van der Waals surface area contributed by atoms with E-state index in [9.17, 15) is 9.18 Å². The molecule has 19 heavy (non-hydrogen) atoms. The standard InChI is InChI=1S/C15H21FN2O/c1-3-18-9-5-7-12(18)10-17-15(19)13-8-4-6-11(2)14(13)16/h4,6,8,12H,3,5,7,9-10H2,1-2H3,(H,17,19). The van der Waals surface area contributed by atoms with E-state index in [2.05, 4.69) is 17.1 Å². The molecule has 1 aromatic rings. The highest BCUT2D eigenvalue weighted by Gasteiger charge is 2.23. The summed E-state index contributed by atoms with van der Waals surface area (Å²) in [6, 6.07) is 5.30. The third-order valence-electron chi connectivity index (χ3n) is 3.84. The summed E-state index contributed by atoms with van der Waals surface area (Å²) in [6.07, 6.45) is 2.28. The molecule has 1 fully saturated rings. The van der Waals surface area contributed by atoms with Crippen LogP contribution in [0.4, 0.5) is 4.39 Å². The van der Waals surface area contributed by atoms with Crippen molar-refractivity contribution in [1.29, 1.82) is 0 Å². The van der Waals surface area contributed by atoms with E-state index >= 15 is 0 Å². The Morgan fingerprint density at radius 2 is 2.32 bits per heavy atom. The van der Waals surface area contributed by atoms with Crippen molar-refractivity contribution in [1.82, 2.24) is 10.2 Å². The highest BCUT2D eigenvalue weighted by Crippen LogP contribution is 2.16. The minimum absolute atomic E-state index is 0.140. The second-order valence-electron chi connectivity index (χ2n) is 5.07. The van der Waals surface area contributed by atoms with Gasteiger partial charge in [-0.25, -0.2) is 4.39 Å². The Morgan fingerprint density at radius 1 is 1.53 bits per heavy atom. The van der Waals surface area contributed by atoms with Crippen LogP contribution in [0, 0.1) is 12.7 Å². The average Bonchev–Trinajstić information content (AvgIpc) is 2.86. The molecule has 1 amide bonds. The molecule has 1 aromatic carbocycles. The van der Waals surface area contributed by atoms with Gasteiger partial charge in [0.25, 0.3) is 5.91 Å². The van der Waals surface area contributed by atoms with Gasteiger partial charge < -0.3 is 5.32 Å². The van der Waals surface area contributed by atoms with Crippen LogP contribution < -0.4 is 5.32 Å². The fourth-order valence-electron chi connectivity index (χ4n) is 2.67. The number of carbonyl (C=O) groups excluding carboxylic acids is 1. The lowest BCUT2D eigenvalue weighted by atomic mass is 10.1. The molecule has 0 aromatic heterocycles. The van der Waals surface area contributed by atoms with Crippen LogP contribution in [0.25, 0.3) is 0 Å². The molecule has 1 aliphatic heterocycles. The van der Waals surface area contributed by atoms with Gasteiger partial charge in [0.2, 0.25) is 0 Å². The van der Waals surface area contributed by atoms with E-state index in [1.54, 1.807) is 19.1 Å². The third kappa shape index (κ3) is 3.13. The van der Waals surface area contributed by atoms with Crippen LogP contribution in [0.5, 0.6) is 0 Å². The molecule has 1 atom stereocenters. The summed E-state index contributed by atoms with van der Waals surface area (Å²) in [5.74, 6) is -0.733. The average molecular weight is 264 g/mol. The number of amides is 1. The number of likely N-dealkylation sites (tertiary alicyclic amines) is 1. The maximum absolute atomic E-state index is 13.8. The van der Waals surface area contributed by atoms with E-state index in [-0.39, 0.29) is 11.5 Å². The number of hydrogen-bond donors (Lipinski definition) is 1. The number of aryl methyl sites for hydroxylation is 1. The van der Waals surface area contributed by atoms with Crippen LogP contribution in [0.2, 0.25) is 0 Å². The van der Waals surface area contributed by atoms with Crippen LogP contribution in [-0.2, 0) is 0 Å². The Bertz CT molecular complexity index is 461. The first-order valence-electron chi connectivity index (χ1n) is 6.90. The number of hydrogen-bond acceptors (Lipinski definition) is 2. The summed E-state index contributed by atoms with van der Waals surface area (Å²) < 4.78 is 13.8. The largest absolute Gasteiger partial charge is 0.350 e. The van der Waals surface area contributed by atoms with E-state index in [0.29, 0.717) is 18.2 Å². The van der Waals surface area contributed by atoms with Crippen molar-refractivity contribution < 1.29 is 9.18 Å². The van der Waals surface area contributed by atoms with Gasteiger partial charge in [-0.3, -0.25) is 9.69 Å². The zero-order chi connectivity index (χ0) is 13.8. The molecule has 0 bridgehead atoms. The van der Waals surface area contributed by atoms with Gasteiger partial charge in [0.05, 0.1) is 5.56 Å². The lowest BCUT2D eigenvalue weighted by Crippen LogP contribution is -2.40. The SMILES string of the molecule is CCN1CCCC1CNC(=O)c1cccc(C)c1F. The molecular weight excluding hydrogens is 243 g/mol. The monoisotopic (exact) mass is 264 g/mol. The zero-order valence-corrected chi connectivity index (χ0v) is 11.6. The lowest BCUT2D eigenvalue weighted by Gasteiger charge is -2.22. The van der Waals surface area contributed by atoms with Gasteiger partial charge in [-0.15, -0.1) is 0 Å². The van der Waals surface area contributed by atoms with Gasteiger partial charge in [0.15, 0.2) is 0 Å². The normalized spacial score (nSPS) is 19.6. The van der Waals surface area contributed by atoms with E-state index in [0.717, 1.165) is 19.5 Å². The number of nitrogens with zero attached hydrogens (tertiary/aromatic N) is 1. The molecule has 4 heteroatoms. The second-order valence-corrected chi connectivity index (χ2v) is 5.07. The van der Waals surface area contributed by atoms with Gasteiger partial charge >= 0.3 is 0 Å². The molecule has 0 radical (unpaired) electrons. The number of likely N-dealkylation sites (N-methyl/N-ethyl adjacent to an activating group) is 1. The molecule has 1 heterocycles. The van der Waals surface area contributed by atoms with Crippen molar-refractivity contribution >= 4 is 5.91 Å². The lowest BCUT2D eigenvalue weighted by molar-refractivity contribution is 0.0937. The molecule has 0 saturated carbocycles. The number of rotatable bonds is 4. The van der Waals surface area contributed by atoms with E-state index in [4.69, 9.17) is 0 Å². The first-order chi connectivity index (χ1) is 9.13. The Morgan fingerprint density at radius 3 is 3.05 bits per heavy atom. The molecule has 104 valence electrons. The fourth-order valence-corrected chi connectivity index (χ4v) is 2.67. The van der Waals surface area contributed by atoms with Crippen molar-refractivity contribution in [3.8, 4) is 0 Å². The van der Waals surface area contributed by atoms with Crippen LogP contribution >= 0.6 is 0 Å². The number of halogens is 1. The predicted molar refractivity (Wildman–Crippen MR) is 73.7 cm³/mol. The summed E-state index contributed by atoms with van der Waals surface area (Å²) in [5.41, 5.74) is 0.643. The predicted octanol–water partition coefficient (Wildman–Crippen LogP) is 2.35. The molecule has 3 nitrogen and oxygen atoms in total. The van der Waals surface area contributed by atoms with Crippen LogP contribution in [-0.4, -0.2) is 36.5 Å². The Labute approximate surface area is 113 Å². The first-order valence-corrected chi connectivity index (χ1v) is 6.90.